The van der Waals surface area contributed by atoms with E-state index in [9.17, 15) is 19.8 Å². The Morgan fingerprint density at radius 3 is 2.82 bits per heavy atom. The van der Waals surface area contributed by atoms with Crippen molar-refractivity contribution < 1.29 is 38.7 Å². The molecule has 2 N–H and O–H groups in total. The molecular formula is C25H29NO8. The molecule has 4 aliphatic rings. The topological polar surface area (TPSA) is 115 Å². The quantitative estimate of drug-likeness (QED) is 0.455. The zero-order chi connectivity index (χ0) is 24.4. The number of hydrogen-bond acceptors (Lipinski definition) is 8. The Hall–Kier alpha value is -3.04. The average Bonchev–Trinajstić information content (AvgIpc) is 3.13. The Kier molecular flexibility index (Phi) is 5.18. The zero-order valence-corrected chi connectivity index (χ0v) is 19.5. The number of aliphatic hydroxyl groups is 1. The first-order chi connectivity index (χ1) is 16.1. The summed E-state index contributed by atoms with van der Waals surface area (Å²) in [6, 6.07) is 3.77. The van der Waals surface area contributed by atoms with E-state index >= 15 is 0 Å². The number of likely N-dealkylation sites (N-methyl/N-ethyl adjacent to an activating group) is 1. The molecule has 9 heteroatoms. The van der Waals surface area contributed by atoms with Crippen molar-refractivity contribution in [2.45, 2.75) is 61.9 Å². The second-order valence-electron chi connectivity index (χ2n) is 9.61. The predicted octanol–water partition coefficient (Wildman–Crippen LogP) is 1.91. The summed E-state index contributed by atoms with van der Waals surface area (Å²) in [6.45, 7) is 5.80. The lowest BCUT2D eigenvalue weighted by molar-refractivity contribution is -0.171. The van der Waals surface area contributed by atoms with Crippen molar-refractivity contribution >= 4 is 11.9 Å². The highest BCUT2D eigenvalue weighted by Gasteiger charge is 2.72. The Balaban J connectivity index is 1.52. The summed E-state index contributed by atoms with van der Waals surface area (Å²) < 4.78 is 22.9. The van der Waals surface area contributed by atoms with Crippen molar-refractivity contribution in [1.29, 1.82) is 0 Å². The number of ether oxygens (including phenoxy) is 4. The van der Waals surface area contributed by atoms with Crippen LogP contribution in [0.4, 0.5) is 0 Å². The van der Waals surface area contributed by atoms with Crippen LogP contribution in [-0.2, 0) is 30.9 Å². The van der Waals surface area contributed by atoms with E-state index < -0.39 is 41.6 Å². The van der Waals surface area contributed by atoms with E-state index in [4.69, 9.17) is 18.9 Å². The number of benzene rings is 1. The van der Waals surface area contributed by atoms with E-state index in [1.807, 2.05) is 19.2 Å². The number of esters is 1. The summed E-state index contributed by atoms with van der Waals surface area (Å²) >= 11 is 0. The lowest BCUT2D eigenvalue weighted by atomic mass is 9.50. The van der Waals surface area contributed by atoms with Crippen molar-refractivity contribution in [1.82, 2.24) is 4.90 Å². The first-order valence-corrected chi connectivity index (χ1v) is 11.4. The van der Waals surface area contributed by atoms with Gasteiger partial charge >= 0.3 is 11.9 Å². The molecule has 2 heterocycles. The standard InChI is InChI=1S/C25H29NO8/c1-13(2)32-17(23(28)29)12-19(27)33-16-7-8-25(30)18-11-14-5-6-15(31-4)21-20(14)24(25,22(16)34-21)9-10-26(18)3/h5-7,17-18,22,30H,1,8-12H2,2-4H3,(H,28,29)/t17-,18+,22-,24-,25+/m0/s1. The van der Waals surface area contributed by atoms with Gasteiger partial charge in [-0.05, 0) is 51.1 Å². The number of carboxylic acids is 1. The molecule has 0 unspecified atom stereocenters. The van der Waals surface area contributed by atoms with Gasteiger partial charge in [-0.3, -0.25) is 4.79 Å². The molecule has 0 aromatic heterocycles. The SMILES string of the molecule is C=C(C)O[C@@H](CC(=O)OC1=CC[C@@]2(O)[C@H]3Cc4ccc(OC)c5c4[C@@]2(CCN3C)[C@H]1O5)C(=O)O. The van der Waals surface area contributed by atoms with Crippen molar-refractivity contribution in [3.8, 4) is 11.5 Å². The van der Waals surface area contributed by atoms with Gasteiger partial charge in [0.1, 0.15) is 5.76 Å². The summed E-state index contributed by atoms with van der Waals surface area (Å²) in [5, 5.41) is 21.5. The largest absolute Gasteiger partial charge is 0.493 e. The van der Waals surface area contributed by atoms with Crippen LogP contribution < -0.4 is 9.47 Å². The minimum atomic E-state index is -1.40. The number of carboxylic acid groups (broad SMARTS) is 1. The highest BCUT2D eigenvalue weighted by Crippen LogP contribution is 2.65. The molecule has 2 aliphatic heterocycles. The number of likely N-dealkylation sites (tertiary alicyclic amines) is 1. The maximum Gasteiger partial charge on any atom is 0.345 e. The number of nitrogens with zero attached hydrogens (tertiary/aromatic N) is 1. The van der Waals surface area contributed by atoms with E-state index in [0.717, 1.165) is 17.7 Å². The molecule has 1 fully saturated rings. The van der Waals surface area contributed by atoms with Crippen molar-refractivity contribution in [2.24, 2.45) is 0 Å². The van der Waals surface area contributed by atoms with Gasteiger partial charge in [-0.25, -0.2) is 4.79 Å². The Labute approximate surface area is 197 Å². The summed E-state index contributed by atoms with van der Waals surface area (Å²) in [7, 11) is 3.58. The Bertz CT molecular complexity index is 1110. The number of aliphatic carboxylic acids is 1. The molecule has 5 atom stereocenters. The van der Waals surface area contributed by atoms with Crippen LogP contribution >= 0.6 is 0 Å². The van der Waals surface area contributed by atoms with E-state index in [2.05, 4.69) is 11.5 Å². The maximum absolute atomic E-state index is 12.8. The molecule has 182 valence electrons. The number of carbonyl (C=O) groups is 2. The van der Waals surface area contributed by atoms with Crippen LogP contribution in [0.25, 0.3) is 0 Å². The van der Waals surface area contributed by atoms with Gasteiger partial charge in [0.05, 0.1) is 30.3 Å². The third-order valence-corrected chi connectivity index (χ3v) is 7.76. The molecule has 5 rings (SSSR count). The number of carbonyl (C=O) groups excluding carboxylic acids is 1. The number of rotatable bonds is 7. The highest BCUT2D eigenvalue weighted by molar-refractivity contribution is 5.81. The zero-order valence-electron chi connectivity index (χ0n) is 19.5. The summed E-state index contributed by atoms with van der Waals surface area (Å²) in [4.78, 5) is 26.5. The summed E-state index contributed by atoms with van der Waals surface area (Å²) in [6.07, 6.45) is 0.647. The van der Waals surface area contributed by atoms with Crippen LogP contribution in [0.3, 0.4) is 0 Å². The second kappa shape index (κ2) is 7.74. The highest BCUT2D eigenvalue weighted by atomic mass is 16.6. The van der Waals surface area contributed by atoms with Gasteiger partial charge in [-0.1, -0.05) is 12.6 Å². The van der Waals surface area contributed by atoms with Gasteiger partial charge in [0.25, 0.3) is 0 Å². The van der Waals surface area contributed by atoms with Crippen LogP contribution in [0.1, 0.15) is 37.3 Å². The number of piperidine rings is 1. The van der Waals surface area contributed by atoms with Gasteiger partial charge in [0.2, 0.25) is 6.10 Å². The smallest absolute Gasteiger partial charge is 0.345 e. The van der Waals surface area contributed by atoms with Crippen molar-refractivity contribution in [3.05, 3.63) is 47.4 Å². The molecule has 1 saturated heterocycles. The van der Waals surface area contributed by atoms with Crippen LogP contribution in [0.5, 0.6) is 11.5 Å². The minimum Gasteiger partial charge on any atom is -0.493 e. The van der Waals surface area contributed by atoms with Gasteiger partial charge in [-0.2, -0.15) is 0 Å². The Morgan fingerprint density at radius 1 is 1.38 bits per heavy atom. The molecular weight excluding hydrogens is 442 g/mol. The maximum atomic E-state index is 12.8. The van der Waals surface area contributed by atoms with E-state index in [0.29, 0.717) is 24.3 Å². The minimum absolute atomic E-state index is 0.118. The Morgan fingerprint density at radius 2 is 2.15 bits per heavy atom. The van der Waals surface area contributed by atoms with Gasteiger partial charge in [0, 0.05) is 18.0 Å². The lowest BCUT2D eigenvalue weighted by Crippen LogP contribution is -2.74. The van der Waals surface area contributed by atoms with Crippen molar-refractivity contribution in [3.63, 3.8) is 0 Å². The van der Waals surface area contributed by atoms with Crippen molar-refractivity contribution in [2.75, 3.05) is 20.7 Å². The molecule has 1 aromatic rings. The molecule has 1 spiro atoms. The number of methoxy groups -OCH3 is 1. The number of allylic oxidation sites excluding steroid dienone is 1. The fourth-order valence-corrected chi connectivity index (χ4v) is 6.33. The fraction of sp³-hybridized carbons (Fsp3) is 0.520. The van der Waals surface area contributed by atoms with Gasteiger partial charge < -0.3 is 34.1 Å². The van der Waals surface area contributed by atoms with Crippen LogP contribution in [-0.4, -0.2) is 71.6 Å². The van der Waals surface area contributed by atoms with Crippen LogP contribution in [0, 0.1) is 0 Å². The molecule has 9 nitrogen and oxygen atoms in total. The second-order valence-corrected chi connectivity index (χ2v) is 9.61. The van der Waals surface area contributed by atoms with Gasteiger partial charge in [0.15, 0.2) is 17.6 Å². The normalized spacial score (nSPS) is 31.5. The predicted molar refractivity (Wildman–Crippen MR) is 120 cm³/mol. The molecule has 0 radical (unpaired) electrons. The lowest BCUT2D eigenvalue weighted by Gasteiger charge is -2.61. The van der Waals surface area contributed by atoms with Crippen LogP contribution in [0.2, 0.25) is 0 Å². The summed E-state index contributed by atoms with van der Waals surface area (Å²) in [5.41, 5.74) is 0.108. The first-order valence-electron chi connectivity index (χ1n) is 11.4. The van der Waals surface area contributed by atoms with Crippen LogP contribution in [0.15, 0.2) is 36.3 Å². The van der Waals surface area contributed by atoms with E-state index in [-0.39, 0.29) is 24.0 Å². The third-order valence-electron chi connectivity index (χ3n) is 7.76. The third kappa shape index (κ3) is 2.99. The molecule has 0 amide bonds. The average molecular weight is 472 g/mol. The van der Waals surface area contributed by atoms with Gasteiger partial charge in [-0.15, -0.1) is 0 Å². The molecule has 2 bridgehead atoms. The fourth-order valence-electron chi connectivity index (χ4n) is 6.33. The van der Waals surface area contributed by atoms with E-state index in [1.54, 1.807) is 13.2 Å². The summed E-state index contributed by atoms with van der Waals surface area (Å²) in [5.74, 6) is -0.431. The number of hydrogen-bond donors (Lipinski definition) is 2. The van der Waals surface area contributed by atoms with E-state index in [1.165, 1.54) is 6.92 Å². The molecule has 0 saturated carbocycles. The molecule has 2 aliphatic carbocycles. The molecule has 34 heavy (non-hydrogen) atoms. The monoisotopic (exact) mass is 471 g/mol. The molecule has 1 aromatic carbocycles. The first kappa shape index (κ1) is 22.7.